The number of hydrogen-bond acceptors (Lipinski definition) is 2. The number of ether oxygens (including phenoxy) is 1. The first-order chi connectivity index (χ1) is 10.2. The van der Waals surface area contributed by atoms with Crippen molar-refractivity contribution in [2.45, 2.75) is 39.7 Å². The van der Waals surface area contributed by atoms with Crippen LogP contribution in [0.1, 0.15) is 26.3 Å². The lowest BCUT2D eigenvalue weighted by molar-refractivity contribution is -0.274. The zero-order valence-electron chi connectivity index (χ0n) is 13.2. The molecular formula is C15H22F3N3O. The van der Waals surface area contributed by atoms with Crippen molar-refractivity contribution in [1.29, 1.82) is 0 Å². The lowest BCUT2D eigenvalue weighted by atomic mass is 10.1. The van der Waals surface area contributed by atoms with Crippen LogP contribution in [0.5, 0.6) is 5.75 Å². The fourth-order valence-electron chi connectivity index (χ4n) is 1.63. The van der Waals surface area contributed by atoms with Gasteiger partial charge in [0.25, 0.3) is 0 Å². The number of rotatable bonds is 5. The Bertz CT molecular complexity index is 501. The van der Waals surface area contributed by atoms with E-state index in [1.54, 1.807) is 19.2 Å². The smallest absolute Gasteiger partial charge is 0.405 e. The zero-order chi connectivity index (χ0) is 16.8. The first-order valence-electron chi connectivity index (χ1n) is 7.03. The van der Waals surface area contributed by atoms with Crippen molar-refractivity contribution in [3.63, 3.8) is 0 Å². The molecule has 22 heavy (non-hydrogen) atoms. The molecular weight excluding hydrogens is 295 g/mol. The van der Waals surface area contributed by atoms with E-state index in [0.29, 0.717) is 17.4 Å². The summed E-state index contributed by atoms with van der Waals surface area (Å²) in [6.45, 7) is 6.32. The van der Waals surface area contributed by atoms with Gasteiger partial charge in [0, 0.05) is 25.2 Å². The van der Waals surface area contributed by atoms with Crippen LogP contribution in [0.2, 0.25) is 0 Å². The fourth-order valence-corrected chi connectivity index (χ4v) is 1.63. The largest absolute Gasteiger partial charge is 0.573 e. The van der Waals surface area contributed by atoms with Crippen LogP contribution in [0.3, 0.4) is 0 Å². The maximum Gasteiger partial charge on any atom is 0.573 e. The molecule has 0 amide bonds. The summed E-state index contributed by atoms with van der Waals surface area (Å²) in [6, 6.07) is 6.21. The summed E-state index contributed by atoms with van der Waals surface area (Å²) in [4.78, 5) is 4.06. The third-order valence-corrected chi connectivity index (χ3v) is 3.23. The van der Waals surface area contributed by atoms with E-state index in [1.807, 2.05) is 6.92 Å². The molecule has 0 heterocycles. The van der Waals surface area contributed by atoms with Crippen molar-refractivity contribution in [2.75, 3.05) is 7.05 Å². The van der Waals surface area contributed by atoms with Gasteiger partial charge in [0.1, 0.15) is 5.75 Å². The lowest BCUT2D eigenvalue weighted by Crippen LogP contribution is -2.43. The lowest BCUT2D eigenvalue weighted by Gasteiger charge is -2.21. The summed E-state index contributed by atoms with van der Waals surface area (Å²) in [5.74, 6) is 0.720. The van der Waals surface area contributed by atoms with Crippen LogP contribution in [0.15, 0.2) is 29.3 Å². The Morgan fingerprint density at radius 2 is 1.86 bits per heavy atom. The van der Waals surface area contributed by atoms with Gasteiger partial charge in [0.05, 0.1) is 0 Å². The van der Waals surface area contributed by atoms with E-state index in [-0.39, 0.29) is 18.3 Å². The van der Waals surface area contributed by atoms with Crippen molar-refractivity contribution in [3.8, 4) is 5.75 Å². The SMILES string of the molecule is CN=C(NCc1ccccc1OC(F)(F)F)NC(C)C(C)C. The van der Waals surface area contributed by atoms with Crippen LogP contribution in [0.25, 0.3) is 0 Å². The van der Waals surface area contributed by atoms with E-state index in [4.69, 9.17) is 0 Å². The number of nitrogens with zero attached hydrogens (tertiary/aromatic N) is 1. The Labute approximate surface area is 128 Å². The van der Waals surface area contributed by atoms with Gasteiger partial charge in [-0.1, -0.05) is 32.0 Å². The van der Waals surface area contributed by atoms with Gasteiger partial charge < -0.3 is 15.4 Å². The van der Waals surface area contributed by atoms with E-state index in [0.717, 1.165) is 0 Å². The van der Waals surface area contributed by atoms with Crippen molar-refractivity contribution in [1.82, 2.24) is 10.6 Å². The maximum atomic E-state index is 12.4. The standard InChI is InChI=1S/C15H22F3N3O/c1-10(2)11(3)21-14(19-4)20-9-12-7-5-6-8-13(12)22-15(16,17)18/h5-8,10-11H,9H2,1-4H3,(H2,19,20,21). The van der Waals surface area contributed by atoms with Crippen LogP contribution in [0, 0.1) is 5.92 Å². The summed E-state index contributed by atoms with van der Waals surface area (Å²) in [7, 11) is 1.61. The normalized spacial score (nSPS) is 13.9. The van der Waals surface area contributed by atoms with Crippen LogP contribution >= 0.6 is 0 Å². The van der Waals surface area contributed by atoms with Gasteiger partial charge in [0.2, 0.25) is 0 Å². The Kier molecular flexibility index (Phi) is 6.52. The minimum Gasteiger partial charge on any atom is -0.405 e. The predicted octanol–water partition coefficient (Wildman–Crippen LogP) is 3.29. The molecule has 0 aromatic heterocycles. The van der Waals surface area contributed by atoms with Gasteiger partial charge in [-0.15, -0.1) is 13.2 Å². The molecule has 0 fully saturated rings. The number of alkyl halides is 3. The highest BCUT2D eigenvalue weighted by molar-refractivity contribution is 5.80. The van der Waals surface area contributed by atoms with Crippen molar-refractivity contribution >= 4 is 5.96 Å². The average Bonchev–Trinajstić information content (AvgIpc) is 2.42. The molecule has 1 atom stereocenters. The molecule has 4 nitrogen and oxygen atoms in total. The van der Waals surface area contributed by atoms with Crippen molar-refractivity contribution in [3.05, 3.63) is 29.8 Å². The molecule has 0 aliphatic carbocycles. The van der Waals surface area contributed by atoms with Gasteiger partial charge >= 0.3 is 6.36 Å². The summed E-state index contributed by atoms with van der Waals surface area (Å²) < 4.78 is 41.1. The number of aliphatic imine (C=N–C) groups is 1. The second kappa shape index (κ2) is 7.91. The monoisotopic (exact) mass is 317 g/mol. The minimum absolute atomic E-state index is 0.177. The van der Waals surface area contributed by atoms with E-state index in [9.17, 15) is 13.2 Å². The van der Waals surface area contributed by atoms with Crippen LogP contribution in [-0.4, -0.2) is 25.4 Å². The van der Waals surface area contributed by atoms with Crippen molar-refractivity contribution in [2.24, 2.45) is 10.9 Å². The van der Waals surface area contributed by atoms with E-state index in [2.05, 4.69) is 34.2 Å². The summed E-state index contributed by atoms with van der Waals surface area (Å²) in [6.07, 6.45) is -4.71. The fraction of sp³-hybridized carbons (Fsp3) is 0.533. The molecule has 0 radical (unpaired) electrons. The van der Waals surface area contributed by atoms with Gasteiger partial charge in [-0.2, -0.15) is 0 Å². The number of benzene rings is 1. The topological polar surface area (TPSA) is 45.7 Å². The van der Waals surface area contributed by atoms with Gasteiger partial charge in [-0.25, -0.2) is 0 Å². The molecule has 1 aromatic carbocycles. The van der Waals surface area contributed by atoms with Crippen molar-refractivity contribution < 1.29 is 17.9 Å². The summed E-state index contributed by atoms with van der Waals surface area (Å²) >= 11 is 0. The van der Waals surface area contributed by atoms with Gasteiger partial charge in [-0.05, 0) is 18.9 Å². The molecule has 7 heteroatoms. The third-order valence-electron chi connectivity index (χ3n) is 3.23. The van der Waals surface area contributed by atoms with Gasteiger partial charge in [0.15, 0.2) is 5.96 Å². The molecule has 0 aliphatic heterocycles. The molecule has 1 aromatic rings. The summed E-state index contributed by atoms with van der Waals surface area (Å²) in [5, 5.41) is 6.17. The number of halogens is 3. The summed E-state index contributed by atoms with van der Waals surface area (Å²) in [5.41, 5.74) is 0.403. The van der Waals surface area contributed by atoms with E-state index >= 15 is 0 Å². The van der Waals surface area contributed by atoms with E-state index < -0.39 is 6.36 Å². The average molecular weight is 317 g/mol. The number of nitrogens with one attached hydrogen (secondary N) is 2. The molecule has 1 unspecified atom stereocenters. The molecule has 0 saturated carbocycles. The number of guanidine groups is 1. The highest BCUT2D eigenvalue weighted by Crippen LogP contribution is 2.25. The van der Waals surface area contributed by atoms with Crippen LogP contribution in [-0.2, 0) is 6.54 Å². The molecule has 2 N–H and O–H groups in total. The molecule has 124 valence electrons. The van der Waals surface area contributed by atoms with E-state index in [1.165, 1.54) is 12.1 Å². The van der Waals surface area contributed by atoms with Gasteiger partial charge in [-0.3, -0.25) is 4.99 Å². The minimum atomic E-state index is -4.71. The molecule has 0 saturated heterocycles. The Hall–Kier alpha value is -1.92. The Morgan fingerprint density at radius 1 is 1.23 bits per heavy atom. The van der Waals surface area contributed by atoms with Crippen LogP contribution in [0.4, 0.5) is 13.2 Å². The highest BCUT2D eigenvalue weighted by atomic mass is 19.4. The molecule has 1 rings (SSSR count). The zero-order valence-corrected chi connectivity index (χ0v) is 13.2. The quantitative estimate of drug-likeness (QED) is 0.647. The third kappa shape index (κ3) is 6.24. The number of hydrogen-bond donors (Lipinski definition) is 2. The van der Waals surface area contributed by atoms with Crippen LogP contribution < -0.4 is 15.4 Å². The second-order valence-electron chi connectivity index (χ2n) is 5.26. The second-order valence-corrected chi connectivity index (χ2v) is 5.26. The maximum absolute atomic E-state index is 12.4. The molecule has 0 aliphatic rings. The molecule has 0 spiro atoms. The number of para-hydroxylation sites is 1. The predicted molar refractivity (Wildman–Crippen MR) is 80.8 cm³/mol. The molecule has 0 bridgehead atoms. The Balaban J connectivity index is 2.71. The Morgan fingerprint density at radius 3 is 2.41 bits per heavy atom. The first kappa shape index (κ1) is 18.1. The first-order valence-corrected chi connectivity index (χ1v) is 7.03. The highest BCUT2D eigenvalue weighted by Gasteiger charge is 2.31.